The highest BCUT2D eigenvalue weighted by Gasteiger charge is 2.35. The first-order valence-electron chi connectivity index (χ1n) is 7.61. The zero-order valence-corrected chi connectivity index (χ0v) is 13.8. The van der Waals surface area contributed by atoms with Crippen molar-refractivity contribution in [2.45, 2.75) is 28.0 Å². The molecule has 0 spiro atoms. The number of hydrogen-bond acceptors (Lipinski definition) is 5. The number of nitrogens with one attached hydrogen (secondary N) is 1. The van der Waals surface area contributed by atoms with Gasteiger partial charge in [-0.2, -0.15) is 0 Å². The zero-order chi connectivity index (χ0) is 14.9. The maximum absolute atomic E-state index is 12.5. The van der Waals surface area contributed by atoms with Gasteiger partial charge in [0.05, 0.1) is 20.2 Å². The summed E-state index contributed by atoms with van der Waals surface area (Å²) < 4.78 is 6.18. The summed E-state index contributed by atoms with van der Waals surface area (Å²) in [6.45, 7) is 3.40. The molecule has 1 N–H and O–H groups in total. The van der Waals surface area contributed by atoms with Crippen molar-refractivity contribution in [1.29, 1.82) is 0 Å². The summed E-state index contributed by atoms with van der Waals surface area (Å²) in [7, 11) is 0. The summed E-state index contributed by atoms with van der Waals surface area (Å²) >= 11 is 3.17. The first-order chi connectivity index (χ1) is 10.8. The molecule has 0 saturated carbocycles. The number of carbonyl (C=O) groups is 1. The maximum Gasteiger partial charge on any atom is 0.261 e. The van der Waals surface area contributed by atoms with Gasteiger partial charge < -0.3 is 14.6 Å². The van der Waals surface area contributed by atoms with Crippen LogP contribution in [0.2, 0.25) is 0 Å². The summed E-state index contributed by atoms with van der Waals surface area (Å²) in [6, 6.07) is 6.18. The molecule has 0 aromatic carbocycles. The normalized spacial score (nSPS) is 27.0. The summed E-state index contributed by atoms with van der Waals surface area (Å²) in [4.78, 5) is 16.8. The lowest BCUT2D eigenvalue weighted by Crippen LogP contribution is -2.57. The predicted octanol–water partition coefficient (Wildman–Crippen LogP) is 3.32. The van der Waals surface area contributed by atoms with E-state index in [-0.39, 0.29) is 5.91 Å². The van der Waals surface area contributed by atoms with Crippen molar-refractivity contribution >= 4 is 29.0 Å². The van der Waals surface area contributed by atoms with E-state index in [4.69, 9.17) is 4.42 Å². The molecule has 1 amide bonds. The van der Waals surface area contributed by atoms with Crippen LogP contribution in [-0.4, -0.2) is 36.5 Å². The number of rotatable bonds is 4. The van der Waals surface area contributed by atoms with Crippen molar-refractivity contribution < 1.29 is 9.21 Å². The number of nitrogens with zero attached hydrogens (tertiary/aromatic N) is 1. The van der Waals surface area contributed by atoms with Gasteiger partial charge in [-0.25, -0.2) is 0 Å². The topological polar surface area (TPSA) is 45.5 Å². The monoisotopic (exact) mass is 334 g/mol. The number of hydrogen-bond donors (Lipinski definition) is 1. The van der Waals surface area contributed by atoms with Crippen molar-refractivity contribution in [3.05, 3.63) is 35.6 Å². The van der Waals surface area contributed by atoms with Crippen molar-refractivity contribution in [3.63, 3.8) is 0 Å². The second-order valence-corrected chi connectivity index (χ2v) is 8.36. The SMILES string of the molecule is O=C(N[C@H]1CN2CCC1CC2)c1ccc(Sc2ccoc2)s1. The van der Waals surface area contributed by atoms with Gasteiger partial charge in [0.25, 0.3) is 5.91 Å². The first kappa shape index (κ1) is 14.4. The van der Waals surface area contributed by atoms with E-state index in [1.54, 1.807) is 35.6 Å². The molecular weight excluding hydrogens is 316 g/mol. The number of furan rings is 1. The van der Waals surface area contributed by atoms with E-state index in [2.05, 4.69) is 10.2 Å². The summed E-state index contributed by atoms with van der Waals surface area (Å²) in [5.41, 5.74) is 0. The second-order valence-electron chi connectivity index (χ2n) is 5.90. The number of piperidine rings is 3. The van der Waals surface area contributed by atoms with Crippen LogP contribution in [0.15, 0.2) is 44.2 Å². The van der Waals surface area contributed by atoms with E-state index < -0.39 is 0 Å². The van der Waals surface area contributed by atoms with E-state index in [0.717, 1.165) is 20.5 Å². The molecule has 6 heteroatoms. The second kappa shape index (κ2) is 6.10. The Labute approximate surface area is 137 Å². The Morgan fingerprint density at radius 1 is 1.32 bits per heavy atom. The molecule has 5 heterocycles. The Hall–Kier alpha value is -1.24. The smallest absolute Gasteiger partial charge is 0.261 e. The van der Waals surface area contributed by atoms with Crippen molar-refractivity contribution in [3.8, 4) is 0 Å². The third-order valence-electron chi connectivity index (χ3n) is 4.49. The Morgan fingerprint density at radius 2 is 2.18 bits per heavy atom. The first-order valence-corrected chi connectivity index (χ1v) is 9.24. The van der Waals surface area contributed by atoms with Crippen LogP contribution in [0.5, 0.6) is 0 Å². The number of amides is 1. The zero-order valence-electron chi connectivity index (χ0n) is 12.2. The van der Waals surface area contributed by atoms with E-state index in [1.807, 2.05) is 18.2 Å². The molecule has 22 heavy (non-hydrogen) atoms. The van der Waals surface area contributed by atoms with E-state index in [1.165, 1.54) is 25.9 Å². The molecule has 5 rings (SSSR count). The van der Waals surface area contributed by atoms with E-state index >= 15 is 0 Å². The van der Waals surface area contributed by atoms with Crippen LogP contribution in [0.4, 0.5) is 0 Å². The number of carbonyl (C=O) groups excluding carboxylic acids is 1. The predicted molar refractivity (Wildman–Crippen MR) is 87.6 cm³/mol. The van der Waals surface area contributed by atoms with Crippen molar-refractivity contribution in [2.75, 3.05) is 19.6 Å². The molecule has 2 aromatic rings. The molecule has 3 saturated heterocycles. The molecule has 3 fully saturated rings. The molecular formula is C16H18N2O2S2. The van der Waals surface area contributed by atoms with Gasteiger partial charge in [0.2, 0.25) is 0 Å². The number of fused-ring (bicyclic) bond motifs is 3. The van der Waals surface area contributed by atoms with Gasteiger partial charge in [-0.3, -0.25) is 4.79 Å². The van der Waals surface area contributed by atoms with Crippen LogP contribution in [-0.2, 0) is 0 Å². The van der Waals surface area contributed by atoms with Gasteiger partial charge in [0.15, 0.2) is 0 Å². The molecule has 116 valence electrons. The molecule has 1 atom stereocenters. The lowest BCUT2D eigenvalue weighted by Gasteiger charge is -2.44. The molecule has 4 nitrogen and oxygen atoms in total. The van der Waals surface area contributed by atoms with Crippen LogP contribution in [0.3, 0.4) is 0 Å². The van der Waals surface area contributed by atoms with Crippen molar-refractivity contribution in [1.82, 2.24) is 10.2 Å². The Morgan fingerprint density at radius 3 is 2.86 bits per heavy atom. The lowest BCUT2D eigenvalue weighted by molar-refractivity contribution is 0.0622. The summed E-state index contributed by atoms with van der Waals surface area (Å²) in [5, 5.41) is 3.24. The molecule has 2 aromatic heterocycles. The molecule has 0 aliphatic carbocycles. The quantitative estimate of drug-likeness (QED) is 0.932. The average molecular weight is 334 g/mol. The average Bonchev–Trinajstić information content (AvgIpc) is 3.21. The minimum Gasteiger partial charge on any atom is -0.471 e. The van der Waals surface area contributed by atoms with Crippen molar-refractivity contribution in [2.24, 2.45) is 5.92 Å². The van der Waals surface area contributed by atoms with E-state index in [9.17, 15) is 4.79 Å². The standard InChI is InChI=1S/C16H18N2O2S2/c19-16(17-13-9-18-6-3-11(13)4-7-18)14-1-2-15(22-14)21-12-5-8-20-10-12/h1-2,5,8,10-11,13H,3-4,6-7,9H2,(H,17,19)/t13-/m0/s1. The third kappa shape index (κ3) is 2.95. The lowest BCUT2D eigenvalue weighted by atomic mass is 9.84. The van der Waals surface area contributed by atoms with Crippen LogP contribution < -0.4 is 5.32 Å². The minimum atomic E-state index is 0.0720. The van der Waals surface area contributed by atoms with Gasteiger partial charge in [-0.15, -0.1) is 11.3 Å². The molecule has 0 radical (unpaired) electrons. The fourth-order valence-corrected chi connectivity index (χ4v) is 5.25. The maximum atomic E-state index is 12.5. The van der Waals surface area contributed by atoms with E-state index in [0.29, 0.717) is 12.0 Å². The van der Waals surface area contributed by atoms with Crippen LogP contribution in [0.1, 0.15) is 22.5 Å². The van der Waals surface area contributed by atoms with Gasteiger partial charge in [0.1, 0.15) is 6.26 Å². The van der Waals surface area contributed by atoms with Crippen LogP contribution >= 0.6 is 23.1 Å². The van der Waals surface area contributed by atoms with Gasteiger partial charge in [0, 0.05) is 12.6 Å². The van der Waals surface area contributed by atoms with Crippen LogP contribution in [0.25, 0.3) is 0 Å². The summed E-state index contributed by atoms with van der Waals surface area (Å²) in [6.07, 6.45) is 5.82. The molecule has 0 unspecified atom stereocenters. The van der Waals surface area contributed by atoms with Gasteiger partial charge >= 0.3 is 0 Å². The Kier molecular flexibility index (Phi) is 3.98. The molecule has 2 bridgehead atoms. The number of thiophene rings is 1. The highest BCUT2D eigenvalue weighted by molar-refractivity contribution is 8.01. The molecule has 3 aliphatic rings. The fourth-order valence-electron chi connectivity index (χ4n) is 3.29. The Bertz CT molecular complexity index is 645. The Balaban J connectivity index is 1.39. The fraction of sp³-hybridized carbons (Fsp3) is 0.438. The molecule has 3 aliphatic heterocycles. The van der Waals surface area contributed by atoms with Crippen LogP contribution in [0, 0.1) is 5.92 Å². The summed E-state index contributed by atoms with van der Waals surface area (Å²) in [5.74, 6) is 0.733. The largest absolute Gasteiger partial charge is 0.471 e. The highest BCUT2D eigenvalue weighted by Crippen LogP contribution is 2.34. The highest BCUT2D eigenvalue weighted by atomic mass is 32.2. The third-order valence-corrected chi connectivity index (χ3v) is 6.68. The minimum absolute atomic E-state index is 0.0720. The van der Waals surface area contributed by atoms with Gasteiger partial charge in [-0.05, 0) is 50.0 Å². The van der Waals surface area contributed by atoms with Gasteiger partial charge in [-0.1, -0.05) is 11.8 Å².